The largest absolute Gasteiger partial charge is 0.493 e. The zero-order valence-corrected chi connectivity index (χ0v) is 16.7. The van der Waals surface area contributed by atoms with Gasteiger partial charge in [-0.25, -0.2) is 0 Å². The number of nitrogens with one attached hydrogen (secondary N) is 1. The Balaban J connectivity index is 1.63. The van der Waals surface area contributed by atoms with Crippen LogP contribution in [0.15, 0.2) is 83.3 Å². The number of amides is 2. The molecule has 0 unspecified atom stereocenters. The third-order valence-corrected chi connectivity index (χ3v) is 4.69. The Hall–Kier alpha value is -4.33. The molecule has 4 aromatic rings. The van der Waals surface area contributed by atoms with Crippen LogP contribution in [0.5, 0.6) is 5.88 Å². The molecule has 2 aromatic heterocycles. The number of nitrogens with zero attached hydrogens (tertiary/aromatic N) is 4. The summed E-state index contributed by atoms with van der Waals surface area (Å²) in [5, 5.41) is 21.9. The summed E-state index contributed by atoms with van der Waals surface area (Å²) in [6.07, 6.45) is 2.97. The lowest BCUT2D eigenvalue weighted by atomic mass is 10.2. The van der Waals surface area contributed by atoms with Gasteiger partial charge in [-0.15, -0.1) is 10.2 Å². The third kappa shape index (κ3) is 4.32. The molecular weight excluding hydrogens is 394 g/mol. The quantitative estimate of drug-likeness (QED) is 0.466. The van der Waals surface area contributed by atoms with Crippen LogP contribution >= 0.6 is 0 Å². The van der Waals surface area contributed by atoms with Gasteiger partial charge in [-0.3, -0.25) is 14.6 Å². The molecule has 0 spiro atoms. The number of azo groups is 1. The van der Waals surface area contributed by atoms with Crippen LogP contribution in [0.4, 0.5) is 11.4 Å². The minimum Gasteiger partial charge on any atom is -0.493 e. The van der Waals surface area contributed by atoms with Crippen LogP contribution in [0, 0.1) is 6.92 Å². The maximum Gasteiger partial charge on any atom is 0.295 e. The van der Waals surface area contributed by atoms with E-state index < -0.39 is 5.91 Å². The number of hydrogen-bond acceptors (Lipinski definition) is 5. The van der Waals surface area contributed by atoms with Crippen molar-refractivity contribution in [3.63, 3.8) is 0 Å². The number of aryl methyl sites for hydroxylation is 1. The van der Waals surface area contributed by atoms with E-state index in [1.165, 1.54) is 29.1 Å². The van der Waals surface area contributed by atoms with Crippen LogP contribution in [0.3, 0.4) is 0 Å². The van der Waals surface area contributed by atoms with E-state index in [4.69, 9.17) is 0 Å². The van der Waals surface area contributed by atoms with Crippen molar-refractivity contribution in [1.82, 2.24) is 9.55 Å². The first-order valence-corrected chi connectivity index (χ1v) is 9.56. The molecule has 2 N–H and O–H groups in total. The molecule has 2 amide bonds. The zero-order chi connectivity index (χ0) is 21.8. The van der Waals surface area contributed by atoms with Gasteiger partial charge in [0.1, 0.15) is 6.54 Å². The van der Waals surface area contributed by atoms with Crippen molar-refractivity contribution in [2.24, 2.45) is 10.2 Å². The molecule has 154 valence electrons. The lowest BCUT2D eigenvalue weighted by Crippen LogP contribution is -2.18. The van der Waals surface area contributed by atoms with Crippen LogP contribution in [-0.2, 0) is 11.3 Å². The fourth-order valence-electron chi connectivity index (χ4n) is 3.24. The average Bonchev–Trinajstić information content (AvgIpc) is 3.03. The highest BCUT2D eigenvalue weighted by Gasteiger charge is 2.19. The number of carbonyl (C=O) groups excluding carboxylic acids is 2. The van der Waals surface area contributed by atoms with Crippen molar-refractivity contribution in [2.45, 2.75) is 13.5 Å². The van der Waals surface area contributed by atoms with E-state index in [0.717, 1.165) is 5.56 Å². The summed E-state index contributed by atoms with van der Waals surface area (Å²) < 4.78 is 1.44. The molecule has 0 aliphatic heterocycles. The van der Waals surface area contributed by atoms with Gasteiger partial charge in [-0.2, -0.15) is 0 Å². The molecule has 0 bridgehead atoms. The van der Waals surface area contributed by atoms with E-state index in [1.54, 1.807) is 30.3 Å². The third-order valence-electron chi connectivity index (χ3n) is 4.69. The predicted octanol–water partition coefficient (Wildman–Crippen LogP) is 4.61. The van der Waals surface area contributed by atoms with Gasteiger partial charge in [0.15, 0.2) is 5.69 Å². The topological polar surface area (TPSA) is 109 Å². The number of aromatic hydroxyl groups is 1. The SMILES string of the molecule is Cc1cccc(NC(=O)Cn2c(O)c(N=NC(=O)c3ccncc3)c3ccccc32)c1. The second-order valence-electron chi connectivity index (χ2n) is 6.93. The van der Waals surface area contributed by atoms with E-state index in [1.807, 2.05) is 25.1 Å². The smallest absolute Gasteiger partial charge is 0.295 e. The molecule has 2 aromatic carbocycles. The number of rotatable bonds is 5. The summed E-state index contributed by atoms with van der Waals surface area (Å²) in [4.78, 5) is 28.7. The van der Waals surface area contributed by atoms with Gasteiger partial charge in [0.2, 0.25) is 11.8 Å². The minimum atomic E-state index is -0.559. The van der Waals surface area contributed by atoms with Gasteiger partial charge in [0.05, 0.1) is 5.52 Å². The van der Waals surface area contributed by atoms with Crippen LogP contribution in [0.25, 0.3) is 10.9 Å². The summed E-state index contributed by atoms with van der Waals surface area (Å²) in [6.45, 7) is 1.81. The first-order chi connectivity index (χ1) is 15.0. The molecule has 4 rings (SSSR count). The molecule has 0 aliphatic carbocycles. The molecule has 0 atom stereocenters. The number of anilines is 1. The van der Waals surface area contributed by atoms with Crippen molar-refractivity contribution < 1.29 is 14.7 Å². The van der Waals surface area contributed by atoms with E-state index in [0.29, 0.717) is 22.2 Å². The van der Waals surface area contributed by atoms with E-state index in [9.17, 15) is 14.7 Å². The maximum absolute atomic E-state index is 12.6. The molecule has 31 heavy (non-hydrogen) atoms. The molecule has 0 aliphatic rings. The minimum absolute atomic E-state index is 0.126. The summed E-state index contributed by atoms with van der Waals surface area (Å²) in [7, 11) is 0. The Labute approximate surface area is 177 Å². The molecule has 0 saturated carbocycles. The Morgan fingerprint density at radius 1 is 1.06 bits per heavy atom. The fourth-order valence-corrected chi connectivity index (χ4v) is 3.24. The van der Waals surface area contributed by atoms with Crippen LogP contribution in [0.2, 0.25) is 0 Å². The van der Waals surface area contributed by atoms with Gasteiger partial charge in [-0.05, 0) is 42.8 Å². The molecular formula is C23H19N5O3. The highest BCUT2D eigenvalue weighted by atomic mass is 16.3. The molecule has 0 radical (unpaired) electrons. The number of aromatic nitrogens is 2. The van der Waals surface area contributed by atoms with Gasteiger partial charge < -0.3 is 15.0 Å². The predicted molar refractivity (Wildman–Crippen MR) is 116 cm³/mol. The number of fused-ring (bicyclic) bond motifs is 1. The lowest BCUT2D eigenvalue weighted by Gasteiger charge is -2.09. The second kappa shape index (κ2) is 8.58. The monoisotopic (exact) mass is 413 g/mol. The standard InChI is InChI=1S/C23H19N5O3/c1-15-5-4-6-17(13-15)25-20(29)14-28-19-8-3-2-7-18(19)21(23(28)31)26-27-22(30)16-9-11-24-12-10-16/h2-13,31H,14H2,1H3,(H,25,29). The van der Waals surface area contributed by atoms with Crippen molar-refractivity contribution in [2.75, 3.05) is 5.32 Å². The molecule has 8 heteroatoms. The molecule has 8 nitrogen and oxygen atoms in total. The summed E-state index contributed by atoms with van der Waals surface area (Å²) in [5.74, 6) is -1.11. The van der Waals surface area contributed by atoms with E-state index >= 15 is 0 Å². The molecule has 2 heterocycles. The van der Waals surface area contributed by atoms with Gasteiger partial charge >= 0.3 is 0 Å². The van der Waals surface area contributed by atoms with E-state index in [-0.39, 0.29) is 24.0 Å². The highest BCUT2D eigenvalue weighted by molar-refractivity contribution is 5.99. The Morgan fingerprint density at radius 2 is 1.84 bits per heavy atom. The van der Waals surface area contributed by atoms with E-state index in [2.05, 4.69) is 20.5 Å². The van der Waals surface area contributed by atoms with Crippen molar-refractivity contribution >= 4 is 34.1 Å². The summed E-state index contributed by atoms with van der Waals surface area (Å²) in [5.41, 5.74) is 2.75. The number of carbonyl (C=O) groups is 2. The fraction of sp³-hybridized carbons (Fsp3) is 0.0870. The Bertz CT molecular complexity index is 1300. The summed E-state index contributed by atoms with van der Waals surface area (Å²) in [6, 6.07) is 17.6. The average molecular weight is 413 g/mol. The molecule has 0 saturated heterocycles. The maximum atomic E-state index is 12.6. The zero-order valence-electron chi connectivity index (χ0n) is 16.7. The van der Waals surface area contributed by atoms with Gasteiger partial charge in [0.25, 0.3) is 5.91 Å². The highest BCUT2D eigenvalue weighted by Crippen LogP contribution is 2.38. The van der Waals surface area contributed by atoms with Gasteiger partial charge in [0, 0.05) is 29.0 Å². The van der Waals surface area contributed by atoms with Crippen molar-refractivity contribution in [3.8, 4) is 5.88 Å². The van der Waals surface area contributed by atoms with Crippen molar-refractivity contribution in [1.29, 1.82) is 0 Å². The lowest BCUT2D eigenvalue weighted by molar-refractivity contribution is -0.116. The normalized spacial score (nSPS) is 11.1. The number of benzene rings is 2. The van der Waals surface area contributed by atoms with Crippen LogP contribution < -0.4 is 5.32 Å². The van der Waals surface area contributed by atoms with Crippen LogP contribution in [-0.4, -0.2) is 26.5 Å². The first kappa shape index (κ1) is 20.0. The Morgan fingerprint density at radius 3 is 2.61 bits per heavy atom. The van der Waals surface area contributed by atoms with Crippen molar-refractivity contribution in [3.05, 3.63) is 84.2 Å². The van der Waals surface area contributed by atoms with Gasteiger partial charge in [-0.1, -0.05) is 30.3 Å². The Kier molecular flexibility index (Phi) is 5.53. The summed E-state index contributed by atoms with van der Waals surface area (Å²) >= 11 is 0. The number of hydrogen-bond donors (Lipinski definition) is 2. The second-order valence-corrected chi connectivity index (χ2v) is 6.93. The number of pyridine rings is 1. The van der Waals surface area contributed by atoms with Crippen LogP contribution in [0.1, 0.15) is 15.9 Å². The first-order valence-electron chi connectivity index (χ1n) is 9.56. The molecule has 0 fully saturated rings. The number of para-hydroxylation sites is 1.